The molecule has 0 radical (unpaired) electrons. The van der Waals surface area contributed by atoms with E-state index in [1.165, 1.54) is 25.3 Å². The van der Waals surface area contributed by atoms with E-state index in [0.717, 1.165) is 25.5 Å². The van der Waals surface area contributed by atoms with Gasteiger partial charge < -0.3 is 14.8 Å². The molecule has 3 rings (SSSR count). The van der Waals surface area contributed by atoms with Gasteiger partial charge in [0.15, 0.2) is 0 Å². The van der Waals surface area contributed by atoms with Crippen molar-refractivity contribution >= 4 is 17.7 Å². The number of allylic oxidation sites excluding steroid dienone is 1. The quantitative estimate of drug-likeness (QED) is 0.307. The highest BCUT2D eigenvalue weighted by Crippen LogP contribution is 2.38. The van der Waals surface area contributed by atoms with Crippen molar-refractivity contribution in [2.75, 3.05) is 20.3 Å². The number of alkyl halides is 3. The highest BCUT2D eigenvalue weighted by Gasteiger charge is 2.35. The number of rotatable bonds is 7. The predicted octanol–water partition coefficient (Wildman–Crippen LogP) is 6.09. The molecule has 0 spiro atoms. The van der Waals surface area contributed by atoms with Crippen molar-refractivity contribution in [3.05, 3.63) is 77.1 Å². The zero-order chi connectivity index (χ0) is 23.8. The number of ether oxygens (including phenoxy) is 2. The molecule has 1 aliphatic heterocycles. The predicted molar refractivity (Wildman–Crippen MR) is 121 cm³/mol. The number of nitrogens with zero attached hydrogens (tertiary/aromatic N) is 1. The molecule has 1 saturated heterocycles. The van der Waals surface area contributed by atoms with Gasteiger partial charge in [-0.3, -0.25) is 0 Å². The summed E-state index contributed by atoms with van der Waals surface area (Å²) in [7, 11) is 1.50. The summed E-state index contributed by atoms with van der Waals surface area (Å²) in [6, 6.07) is 9.56. The van der Waals surface area contributed by atoms with Crippen LogP contribution in [0.1, 0.15) is 36.5 Å². The van der Waals surface area contributed by atoms with Crippen LogP contribution in [0.3, 0.4) is 0 Å². The second kappa shape index (κ2) is 11.1. The van der Waals surface area contributed by atoms with Gasteiger partial charge in [-0.1, -0.05) is 24.3 Å². The Labute approximate surface area is 190 Å². The molecule has 2 aromatic rings. The maximum absolute atomic E-state index is 13.8. The van der Waals surface area contributed by atoms with Gasteiger partial charge >= 0.3 is 6.18 Å². The lowest BCUT2D eigenvalue weighted by Gasteiger charge is -2.16. The van der Waals surface area contributed by atoms with Crippen molar-refractivity contribution in [1.29, 1.82) is 0 Å². The number of aliphatic imine (C=N–C) groups is 1. The Hall–Kier alpha value is -3.13. The lowest BCUT2D eigenvalue weighted by Crippen LogP contribution is -2.32. The first-order valence-corrected chi connectivity index (χ1v) is 10.6. The molecule has 1 aliphatic rings. The maximum atomic E-state index is 13.8. The lowest BCUT2D eigenvalue weighted by molar-refractivity contribution is -0.138. The zero-order valence-electron chi connectivity index (χ0n) is 18.5. The fourth-order valence-corrected chi connectivity index (χ4v) is 3.51. The highest BCUT2D eigenvalue weighted by atomic mass is 19.4. The van der Waals surface area contributed by atoms with Gasteiger partial charge in [-0.05, 0) is 68.3 Å². The van der Waals surface area contributed by atoms with Crippen LogP contribution in [0.2, 0.25) is 0 Å². The molecule has 0 aromatic heterocycles. The fourth-order valence-electron chi connectivity index (χ4n) is 3.51. The number of methoxy groups -OCH3 is 1. The van der Waals surface area contributed by atoms with Crippen LogP contribution in [0, 0.1) is 5.82 Å². The Morgan fingerprint density at radius 1 is 1.18 bits per heavy atom. The third-order valence-corrected chi connectivity index (χ3v) is 5.17. The number of halogens is 4. The number of hydrogen-bond donors (Lipinski definition) is 1. The Morgan fingerprint density at radius 2 is 1.94 bits per heavy atom. The standard InChI is InChI=1S/C25H26F4N2O2/c1-3-21(31-24(32-2)22-7-4-14-30-22)18-10-13-23(20(16-18)25(27,28)29)33-15-5-6-17-8-11-19(26)12-9-17/h3,5-6,8-13,16,22,30H,4,7,14-15H2,1-2H3/b6-5+,21-3-,31-24-. The average molecular weight is 462 g/mol. The summed E-state index contributed by atoms with van der Waals surface area (Å²) in [6.07, 6.45) is 2.11. The summed E-state index contributed by atoms with van der Waals surface area (Å²) in [5.41, 5.74) is 0.524. The van der Waals surface area contributed by atoms with Crippen LogP contribution in [0.5, 0.6) is 5.75 Å². The van der Waals surface area contributed by atoms with Gasteiger partial charge in [0.1, 0.15) is 18.2 Å². The maximum Gasteiger partial charge on any atom is 0.419 e. The first-order valence-electron chi connectivity index (χ1n) is 10.6. The van der Waals surface area contributed by atoms with E-state index in [2.05, 4.69) is 10.3 Å². The first kappa shape index (κ1) is 24.5. The monoisotopic (exact) mass is 462 g/mol. The third kappa shape index (κ3) is 6.68. The minimum absolute atomic E-state index is 0.0532. The van der Waals surface area contributed by atoms with Crippen molar-refractivity contribution in [1.82, 2.24) is 5.32 Å². The number of nitrogens with one attached hydrogen (secondary N) is 1. The molecule has 0 amide bonds. The van der Waals surface area contributed by atoms with E-state index in [4.69, 9.17) is 9.47 Å². The van der Waals surface area contributed by atoms with E-state index in [0.29, 0.717) is 22.7 Å². The van der Waals surface area contributed by atoms with Gasteiger partial charge in [0.2, 0.25) is 5.90 Å². The summed E-state index contributed by atoms with van der Waals surface area (Å²) in [5, 5.41) is 3.27. The van der Waals surface area contributed by atoms with E-state index in [1.54, 1.807) is 43.4 Å². The van der Waals surface area contributed by atoms with E-state index in [-0.39, 0.29) is 24.2 Å². The Balaban J connectivity index is 1.80. The van der Waals surface area contributed by atoms with Gasteiger partial charge in [-0.15, -0.1) is 0 Å². The topological polar surface area (TPSA) is 42.8 Å². The molecule has 33 heavy (non-hydrogen) atoms. The summed E-state index contributed by atoms with van der Waals surface area (Å²) in [4.78, 5) is 4.48. The molecule has 1 fully saturated rings. The molecule has 1 N–H and O–H groups in total. The summed E-state index contributed by atoms with van der Waals surface area (Å²) in [5.74, 6) is -0.195. The van der Waals surface area contributed by atoms with E-state index in [1.807, 2.05) is 0 Å². The molecular weight excluding hydrogens is 436 g/mol. The van der Waals surface area contributed by atoms with Crippen LogP contribution < -0.4 is 10.1 Å². The summed E-state index contributed by atoms with van der Waals surface area (Å²) >= 11 is 0. The van der Waals surface area contributed by atoms with Crippen molar-refractivity contribution in [3.8, 4) is 5.75 Å². The average Bonchev–Trinajstić information content (AvgIpc) is 3.33. The smallest absolute Gasteiger partial charge is 0.419 e. The molecule has 2 aromatic carbocycles. The van der Waals surface area contributed by atoms with Crippen molar-refractivity contribution in [3.63, 3.8) is 0 Å². The molecule has 176 valence electrons. The molecular formula is C25H26F4N2O2. The zero-order valence-corrected chi connectivity index (χ0v) is 18.5. The normalized spacial score (nSPS) is 17.6. The highest BCUT2D eigenvalue weighted by molar-refractivity contribution is 5.88. The first-order chi connectivity index (χ1) is 15.8. The van der Waals surface area contributed by atoms with Crippen molar-refractivity contribution in [2.45, 2.75) is 32.0 Å². The van der Waals surface area contributed by atoms with Crippen LogP contribution in [-0.2, 0) is 10.9 Å². The van der Waals surface area contributed by atoms with E-state index in [9.17, 15) is 17.6 Å². The second-order valence-electron chi connectivity index (χ2n) is 7.45. The van der Waals surface area contributed by atoms with Crippen LogP contribution in [-0.4, -0.2) is 32.2 Å². The molecule has 1 heterocycles. The van der Waals surface area contributed by atoms with Gasteiger partial charge in [-0.2, -0.15) is 13.2 Å². The Morgan fingerprint density at radius 3 is 2.55 bits per heavy atom. The van der Waals surface area contributed by atoms with Crippen LogP contribution in [0.4, 0.5) is 17.6 Å². The lowest BCUT2D eigenvalue weighted by atomic mass is 10.1. The largest absolute Gasteiger partial charge is 0.489 e. The third-order valence-electron chi connectivity index (χ3n) is 5.17. The van der Waals surface area contributed by atoms with Crippen LogP contribution in [0.15, 0.2) is 59.6 Å². The minimum Gasteiger partial charge on any atom is -0.489 e. The summed E-state index contributed by atoms with van der Waals surface area (Å²) < 4.78 is 65.0. The molecule has 0 bridgehead atoms. The second-order valence-corrected chi connectivity index (χ2v) is 7.45. The van der Waals surface area contributed by atoms with Gasteiger partial charge in [0.25, 0.3) is 0 Å². The molecule has 0 saturated carbocycles. The van der Waals surface area contributed by atoms with Gasteiger partial charge in [0.05, 0.1) is 24.4 Å². The Kier molecular flexibility index (Phi) is 8.27. The van der Waals surface area contributed by atoms with E-state index < -0.39 is 11.7 Å². The van der Waals surface area contributed by atoms with Gasteiger partial charge in [-0.25, -0.2) is 9.38 Å². The molecule has 8 heteroatoms. The molecule has 1 unspecified atom stereocenters. The Bertz CT molecular complexity index is 1020. The van der Waals surface area contributed by atoms with Crippen molar-refractivity contribution in [2.24, 2.45) is 4.99 Å². The SMILES string of the molecule is C/C=C(\N=C(/OC)C1CCCN1)c1ccc(OC/C=C/c2ccc(F)cc2)c(C(F)(F)F)c1. The molecule has 4 nitrogen and oxygen atoms in total. The number of hydrogen-bond acceptors (Lipinski definition) is 4. The van der Waals surface area contributed by atoms with Crippen molar-refractivity contribution < 1.29 is 27.0 Å². The summed E-state index contributed by atoms with van der Waals surface area (Å²) in [6.45, 7) is 2.49. The van der Waals surface area contributed by atoms with Crippen LogP contribution >= 0.6 is 0 Å². The molecule has 1 atom stereocenters. The molecule has 0 aliphatic carbocycles. The number of benzene rings is 2. The minimum atomic E-state index is -4.61. The van der Waals surface area contributed by atoms with E-state index >= 15 is 0 Å². The van der Waals surface area contributed by atoms with Crippen LogP contribution in [0.25, 0.3) is 11.8 Å². The van der Waals surface area contributed by atoms with Gasteiger partial charge in [0, 0.05) is 5.56 Å². The fraction of sp³-hybridized carbons (Fsp3) is 0.320.